The number of benzene rings is 2. The van der Waals surface area contributed by atoms with Gasteiger partial charge in [0.2, 0.25) is 5.82 Å². The van der Waals surface area contributed by atoms with E-state index in [9.17, 15) is 17.6 Å². The van der Waals surface area contributed by atoms with Crippen LogP contribution in [0.25, 0.3) is 0 Å². The number of hydrogen-bond acceptors (Lipinski definition) is 3. The molecule has 7 heteroatoms. The van der Waals surface area contributed by atoms with Crippen LogP contribution in [0.5, 0.6) is 5.75 Å². The Labute approximate surface area is 299 Å². The maximum absolute atomic E-state index is 14.6. The number of hydrogen-bond donors (Lipinski definition) is 0. The Morgan fingerprint density at radius 1 is 0.620 bits per heavy atom. The van der Waals surface area contributed by atoms with Gasteiger partial charge in [-0.15, -0.1) is 0 Å². The largest absolute Gasteiger partial charge is 0.491 e. The van der Waals surface area contributed by atoms with E-state index in [-0.39, 0.29) is 18.0 Å². The lowest BCUT2D eigenvalue weighted by molar-refractivity contribution is -0.0219. The van der Waals surface area contributed by atoms with Gasteiger partial charge >= 0.3 is 0 Å². The summed E-state index contributed by atoms with van der Waals surface area (Å²) in [5, 5.41) is 0. The van der Waals surface area contributed by atoms with E-state index in [4.69, 9.17) is 14.2 Å². The Bertz CT molecular complexity index is 1340. The molecule has 0 saturated carbocycles. The first-order chi connectivity index (χ1) is 24.2. The highest BCUT2D eigenvalue weighted by atomic mass is 19.2. The third-order valence-corrected chi connectivity index (χ3v) is 11.0. The standard InChI is InChI=1S/C43H62F4O3/c1-5-48-39-27-24-36(42(46)43(39)47)38-26-22-33(29-50-38)17-13-9-7-11-15-19-34(30(2)3)18-14-10-6-8-12-16-32-21-25-37(49-28-32)35-23-20-31(4)40(44)41(35)45/h20,23-24,27,32-33,37-38H,5-19,21-22,25-26,28-29H2,1-4H3. The number of unbranched alkanes of at least 4 members (excludes halogenated alkanes) is 8. The molecule has 2 aromatic carbocycles. The Hall–Kier alpha value is -2.38. The second-order valence-corrected chi connectivity index (χ2v) is 15.1. The summed E-state index contributed by atoms with van der Waals surface area (Å²) in [4.78, 5) is 0. The zero-order chi connectivity index (χ0) is 35.9. The van der Waals surface area contributed by atoms with Gasteiger partial charge in [-0.3, -0.25) is 0 Å². The van der Waals surface area contributed by atoms with Gasteiger partial charge in [0.05, 0.1) is 32.0 Å². The summed E-state index contributed by atoms with van der Waals surface area (Å²) >= 11 is 0. The number of ether oxygens (including phenoxy) is 3. The Morgan fingerprint density at radius 2 is 1.10 bits per heavy atom. The smallest absolute Gasteiger partial charge is 0.200 e. The van der Waals surface area contributed by atoms with Crippen molar-refractivity contribution >= 4 is 0 Å². The average molecular weight is 703 g/mol. The molecule has 4 unspecified atom stereocenters. The van der Waals surface area contributed by atoms with Crippen LogP contribution in [0.4, 0.5) is 17.6 Å². The third kappa shape index (κ3) is 12.1. The van der Waals surface area contributed by atoms with Gasteiger partial charge in [0.15, 0.2) is 23.2 Å². The number of rotatable bonds is 20. The normalized spacial score (nSPS) is 21.0. The highest BCUT2D eigenvalue weighted by molar-refractivity contribution is 5.32. The second kappa shape index (κ2) is 21.2. The number of allylic oxidation sites excluding steroid dienone is 2. The van der Waals surface area contributed by atoms with Crippen LogP contribution < -0.4 is 4.74 Å². The molecular weight excluding hydrogens is 640 g/mol. The molecule has 2 aliphatic rings. The zero-order valence-corrected chi connectivity index (χ0v) is 31.2. The molecule has 0 aliphatic carbocycles. The third-order valence-electron chi connectivity index (χ3n) is 11.0. The number of aryl methyl sites for hydroxylation is 1. The number of halogens is 4. The van der Waals surface area contributed by atoms with Crippen LogP contribution in [0, 0.1) is 42.0 Å². The van der Waals surface area contributed by atoms with Gasteiger partial charge in [0.1, 0.15) is 0 Å². The van der Waals surface area contributed by atoms with Crippen molar-refractivity contribution in [1.29, 1.82) is 0 Å². The van der Waals surface area contributed by atoms with E-state index in [1.54, 1.807) is 37.6 Å². The maximum atomic E-state index is 14.6. The molecule has 0 aromatic heterocycles. The van der Waals surface area contributed by atoms with Crippen LogP contribution in [0.15, 0.2) is 35.4 Å². The second-order valence-electron chi connectivity index (χ2n) is 15.1. The first kappa shape index (κ1) is 40.4. The van der Waals surface area contributed by atoms with Crippen LogP contribution in [0.3, 0.4) is 0 Å². The highest BCUT2D eigenvalue weighted by Crippen LogP contribution is 2.37. The highest BCUT2D eigenvalue weighted by Gasteiger charge is 2.28. The summed E-state index contributed by atoms with van der Waals surface area (Å²) in [6.07, 6.45) is 20.0. The molecule has 0 spiro atoms. The quantitative estimate of drug-likeness (QED) is 0.0781. The first-order valence-corrected chi connectivity index (χ1v) is 19.6. The van der Waals surface area contributed by atoms with Gasteiger partial charge in [-0.25, -0.2) is 13.2 Å². The topological polar surface area (TPSA) is 27.7 Å². The predicted octanol–water partition coefficient (Wildman–Crippen LogP) is 13.4. The maximum Gasteiger partial charge on any atom is 0.200 e. The van der Waals surface area contributed by atoms with E-state index in [1.165, 1.54) is 88.7 Å². The molecule has 50 heavy (non-hydrogen) atoms. The van der Waals surface area contributed by atoms with E-state index in [0.29, 0.717) is 48.3 Å². The fourth-order valence-corrected chi connectivity index (χ4v) is 7.76. The van der Waals surface area contributed by atoms with Crippen molar-refractivity contribution in [2.75, 3.05) is 19.8 Å². The molecule has 0 N–H and O–H groups in total. The molecule has 4 atom stereocenters. The van der Waals surface area contributed by atoms with Crippen LogP contribution in [0.2, 0.25) is 0 Å². The summed E-state index contributed by atoms with van der Waals surface area (Å²) in [7, 11) is 0. The summed E-state index contributed by atoms with van der Waals surface area (Å²) in [5.74, 6) is -2.29. The van der Waals surface area contributed by atoms with Gasteiger partial charge in [-0.05, 0) is 121 Å². The van der Waals surface area contributed by atoms with Crippen LogP contribution in [-0.2, 0) is 9.47 Å². The molecule has 2 heterocycles. The fraction of sp³-hybridized carbons (Fsp3) is 0.674. The molecule has 2 aliphatic heterocycles. The monoisotopic (exact) mass is 702 g/mol. The lowest BCUT2D eigenvalue weighted by atomic mass is 9.90. The van der Waals surface area contributed by atoms with E-state index in [0.717, 1.165) is 38.5 Å². The minimum absolute atomic E-state index is 0.0407. The van der Waals surface area contributed by atoms with Crippen molar-refractivity contribution in [3.63, 3.8) is 0 Å². The zero-order valence-electron chi connectivity index (χ0n) is 31.2. The minimum atomic E-state index is -0.920. The van der Waals surface area contributed by atoms with Gasteiger partial charge in [0.25, 0.3) is 0 Å². The fourth-order valence-electron chi connectivity index (χ4n) is 7.76. The lowest BCUT2D eigenvalue weighted by Crippen LogP contribution is -2.21. The molecule has 280 valence electrons. The Balaban J connectivity index is 0.981. The molecule has 2 fully saturated rings. The predicted molar refractivity (Wildman–Crippen MR) is 194 cm³/mol. The lowest BCUT2D eigenvalue weighted by Gasteiger charge is -2.29. The molecule has 0 bridgehead atoms. The molecule has 3 nitrogen and oxygen atoms in total. The van der Waals surface area contributed by atoms with Gasteiger partial charge in [0, 0.05) is 11.1 Å². The van der Waals surface area contributed by atoms with E-state index in [2.05, 4.69) is 13.8 Å². The van der Waals surface area contributed by atoms with Gasteiger partial charge in [-0.2, -0.15) is 4.39 Å². The Morgan fingerprint density at radius 3 is 1.58 bits per heavy atom. The van der Waals surface area contributed by atoms with Crippen LogP contribution in [-0.4, -0.2) is 19.8 Å². The summed E-state index contributed by atoms with van der Waals surface area (Å²) in [6.45, 7) is 9.40. The minimum Gasteiger partial charge on any atom is -0.491 e. The summed E-state index contributed by atoms with van der Waals surface area (Å²) < 4.78 is 74.4. The molecule has 2 aromatic rings. The van der Waals surface area contributed by atoms with Crippen molar-refractivity contribution in [2.24, 2.45) is 11.8 Å². The van der Waals surface area contributed by atoms with Crippen LogP contribution >= 0.6 is 0 Å². The molecule has 2 saturated heterocycles. The van der Waals surface area contributed by atoms with E-state index >= 15 is 0 Å². The van der Waals surface area contributed by atoms with Crippen LogP contribution in [0.1, 0.15) is 165 Å². The molecular formula is C43H62F4O3. The van der Waals surface area contributed by atoms with Crippen molar-refractivity contribution in [3.05, 3.63) is 75.4 Å². The molecule has 0 amide bonds. The van der Waals surface area contributed by atoms with Gasteiger partial charge < -0.3 is 14.2 Å². The van der Waals surface area contributed by atoms with Crippen molar-refractivity contribution in [3.8, 4) is 5.75 Å². The molecule has 4 rings (SSSR count). The van der Waals surface area contributed by atoms with Gasteiger partial charge in [-0.1, -0.05) is 74.6 Å². The van der Waals surface area contributed by atoms with E-state index < -0.39 is 23.3 Å². The first-order valence-electron chi connectivity index (χ1n) is 19.6. The average Bonchev–Trinajstić information content (AvgIpc) is 3.11. The summed E-state index contributed by atoms with van der Waals surface area (Å²) in [6, 6.07) is 6.43. The SMILES string of the molecule is CCOc1ccc(C2CCC(CCCCCCCC(CCCCCCCC3CCC(c4ccc(C)c(F)c4F)OC3)=C(C)C)CO2)c(F)c1F. The van der Waals surface area contributed by atoms with Crippen molar-refractivity contribution in [1.82, 2.24) is 0 Å². The molecule has 0 radical (unpaired) electrons. The van der Waals surface area contributed by atoms with E-state index in [1.807, 2.05) is 0 Å². The Kier molecular flexibility index (Phi) is 17.1. The van der Waals surface area contributed by atoms with Crippen molar-refractivity contribution < 1.29 is 31.8 Å². The van der Waals surface area contributed by atoms with Crippen molar-refractivity contribution in [2.45, 2.75) is 155 Å². The summed E-state index contributed by atoms with van der Waals surface area (Å²) in [5.41, 5.74) is 4.12.